The molecule has 2 rings (SSSR count). The maximum atomic E-state index is 11.9. The first-order valence-electron chi connectivity index (χ1n) is 5.82. The molecule has 1 aliphatic rings. The fourth-order valence-electron chi connectivity index (χ4n) is 1.85. The highest BCUT2D eigenvalue weighted by Gasteiger charge is 2.23. The van der Waals surface area contributed by atoms with Crippen LogP contribution < -0.4 is 10.6 Å². The standard InChI is InChI=1S/C12H18N2OS2/c1-8(5-10-4-3-9(2)17-10)14-12(15)11-6-16-7-13-11/h3-4,8,11,13H,5-7H2,1-2H3,(H,14,15). The Kier molecular flexibility index (Phi) is 4.48. The molecule has 0 bridgehead atoms. The monoisotopic (exact) mass is 270 g/mol. The van der Waals surface area contributed by atoms with Crippen molar-refractivity contribution in [3.63, 3.8) is 0 Å². The van der Waals surface area contributed by atoms with Crippen LogP contribution in [0.5, 0.6) is 0 Å². The number of thioether (sulfide) groups is 1. The summed E-state index contributed by atoms with van der Waals surface area (Å²) in [6, 6.07) is 4.47. The van der Waals surface area contributed by atoms with Crippen LogP contribution in [0.2, 0.25) is 0 Å². The van der Waals surface area contributed by atoms with E-state index in [1.54, 1.807) is 23.1 Å². The van der Waals surface area contributed by atoms with Gasteiger partial charge >= 0.3 is 0 Å². The molecule has 2 unspecified atom stereocenters. The van der Waals surface area contributed by atoms with E-state index in [0.29, 0.717) is 0 Å². The van der Waals surface area contributed by atoms with Gasteiger partial charge in [-0.2, -0.15) is 0 Å². The summed E-state index contributed by atoms with van der Waals surface area (Å²) in [5, 5.41) is 6.25. The Morgan fingerprint density at radius 3 is 3.06 bits per heavy atom. The molecule has 1 amide bonds. The molecule has 0 radical (unpaired) electrons. The predicted octanol–water partition coefficient (Wildman–Crippen LogP) is 1.77. The molecule has 0 aromatic carbocycles. The van der Waals surface area contributed by atoms with Crippen LogP contribution in [0, 0.1) is 6.92 Å². The second-order valence-electron chi connectivity index (χ2n) is 4.40. The fraction of sp³-hybridized carbons (Fsp3) is 0.583. The summed E-state index contributed by atoms with van der Waals surface area (Å²) in [5.74, 6) is 1.91. The number of rotatable bonds is 4. The van der Waals surface area contributed by atoms with Gasteiger partial charge < -0.3 is 5.32 Å². The van der Waals surface area contributed by atoms with Crippen LogP contribution in [0.25, 0.3) is 0 Å². The number of aryl methyl sites for hydroxylation is 1. The average molecular weight is 270 g/mol. The van der Waals surface area contributed by atoms with Crippen molar-refractivity contribution < 1.29 is 4.79 Å². The molecular weight excluding hydrogens is 252 g/mol. The van der Waals surface area contributed by atoms with Crippen molar-refractivity contribution >= 4 is 29.0 Å². The normalized spacial score (nSPS) is 21.4. The highest BCUT2D eigenvalue weighted by molar-refractivity contribution is 7.99. The van der Waals surface area contributed by atoms with Gasteiger partial charge in [-0.3, -0.25) is 10.1 Å². The molecule has 2 atom stereocenters. The minimum Gasteiger partial charge on any atom is -0.352 e. The average Bonchev–Trinajstić information content (AvgIpc) is 2.89. The quantitative estimate of drug-likeness (QED) is 0.876. The van der Waals surface area contributed by atoms with Crippen molar-refractivity contribution in [1.82, 2.24) is 10.6 Å². The first-order chi connectivity index (χ1) is 8.15. The molecule has 0 aliphatic carbocycles. The summed E-state index contributed by atoms with van der Waals surface area (Å²) in [4.78, 5) is 14.5. The molecule has 1 aromatic heterocycles. The number of hydrogen-bond donors (Lipinski definition) is 2. The molecule has 0 saturated carbocycles. The fourth-order valence-corrected chi connectivity index (χ4v) is 3.82. The molecule has 1 saturated heterocycles. The lowest BCUT2D eigenvalue weighted by molar-refractivity contribution is -0.123. The Balaban J connectivity index is 1.80. The van der Waals surface area contributed by atoms with Crippen LogP contribution in [0.4, 0.5) is 0 Å². The number of carbonyl (C=O) groups is 1. The maximum absolute atomic E-state index is 11.9. The third-order valence-corrected chi connectivity index (χ3v) is 4.69. The van der Waals surface area contributed by atoms with Gasteiger partial charge in [0.2, 0.25) is 5.91 Å². The van der Waals surface area contributed by atoms with Gasteiger partial charge in [0, 0.05) is 33.8 Å². The molecule has 5 heteroatoms. The molecule has 94 valence electrons. The molecule has 2 heterocycles. The van der Waals surface area contributed by atoms with Crippen LogP contribution in [0.15, 0.2) is 12.1 Å². The Morgan fingerprint density at radius 1 is 1.65 bits per heavy atom. The SMILES string of the molecule is Cc1ccc(CC(C)NC(=O)C2CSCN2)s1. The summed E-state index contributed by atoms with van der Waals surface area (Å²) in [7, 11) is 0. The number of carbonyl (C=O) groups excluding carboxylic acids is 1. The summed E-state index contributed by atoms with van der Waals surface area (Å²) < 4.78 is 0. The van der Waals surface area contributed by atoms with Crippen molar-refractivity contribution in [3.05, 3.63) is 21.9 Å². The zero-order chi connectivity index (χ0) is 12.3. The smallest absolute Gasteiger partial charge is 0.238 e. The predicted molar refractivity (Wildman–Crippen MR) is 74.6 cm³/mol. The maximum Gasteiger partial charge on any atom is 0.238 e. The van der Waals surface area contributed by atoms with E-state index >= 15 is 0 Å². The van der Waals surface area contributed by atoms with Gasteiger partial charge in [-0.15, -0.1) is 23.1 Å². The lowest BCUT2D eigenvalue weighted by atomic mass is 10.2. The van der Waals surface area contributed by atoms with Crippen molar-refractivity contribution in [3.8, 4) is 0 Å². The van der Waals surface area contributed by atoms with E-state index in [4.69, 9.17) is 0 Å². The molecule has 3 nitrogen and oxygen atoms in total. The van der Waals surface area contributed by atoms with E-state index in [1.807, 2.05) is 0 Å². The molecule has 1 aromatic rings. The topological polar surface area (TPSA) is 41.1 Å². The lowest BCUT2D eigenvalue weighted by Gasteiger charge is -2.16. The van der Waals surface area contributed by atoms with Crippen LogP contribution in [0.3, 0.4) is 0 Å². The Bertz CT molecular complexity index is 386. The third kappa shape index (κ3) is 3.72. The van der Waals surface area contributed by atoms with Gasteiger partial charge in [-0.05, 0) is 26.0 Å². The van der Waals surface area contributed by atoms with Gasteiger partial charge in [-0.1, -0.05) is 0 Å². The number of thiophene rings is 1. The highest BCUT2D eigenvalue weighted by Crippen LogP contribution is 2.17. The molecule has 1 fully saturated rings. The van der Waals surface area contributed by atoms with E-state index in [1.165, 1.54) is 9.75 Å². The van der Waals surface area contributed by atoms with Gasteiger partial charge in [0.15, 0.2) is 0 Å². The first-order valence-corrected chi connectivity index (χ1v) is 7.79. The lowest BCUT2D eigenvalue weighted by Crippen LogP contribution is -2.46. The number of nitrogens with one attached hydrogen (secondary N) is 2. The van der Waals surface area contributed by atoms with Gasteiger partial charge in [0.25, 0.3) is 0 Å². The van der Waals surface area contributed by atoms with Crippen molar-refractivity contribution in [2.24, 2.45) is 0 Å². The Hall–Kier alpha value is -0.520. The second kappa shape index (κ2) is 5.89. The largest absolute Gasteiger partial charge is 0.352 e. The van der Waals surface area contributed by atoms with Gasteiger partial charge in [0.1, 0.15) is 0 Å². The summed E-state index contributed by atoms with van der Waals surface area (Å²) in [5.41, 5.74) is 0. The van der Waals surface area contributed by atoms with Crippen molar-refractivity contribution in [1.29, 1.82) is 0 Å². The summed E-state index contributed by atoms with van der Waals surface area (Å²) >= 11 is 3.58. The van der Waals surface area contributed by atoms with E-state index in [-0.39, 0.29) is 18.0 Å². The molecule has 0 spiro atoms. The Morgan fingerprint density at radius 2 is 2.47 bits per heavy atom. The van der Waals surface area contributed by atoms with E-state index in [2.05, 4.69) is 36.6 Å². The molecular formula is C12H18N2OS2. The van der Waals surface area contributed by atoms with Crippen molar-refractivity contribution in [2.75, 3.05) is 11.6 Å². The minimum absolute atomic E-state index is 0.00692. The Labute approximate surface area is 110 Å². The highest BCUT2D eigenvalue weighted by atomic mass is 32.2. The number of amides is 1. The molecule has 17 heavy (non-hydrogen) atoms. The van der Waals surface area contributed by atoms with Crippen LogP contribution >= 0.6 is 23.1 Å². The summed E-state index contributed by atoms with van der Waals surface area (Å²) in [6.07, 6.45) is 0.921. The summed E-state index contributed by atoms with van der Waals surface area (Å²) in [6.45, 7) is 4.17. The van der Waals surface area contributed by atoms with E-state index < -0.39 is 0 Å². The zero-order valence-electron chi connectivity index (χ0n) is 10.2. The second-order valence-corrected chi connectivity index (χ2v) is 6.80. The molecule has 2 N–H and O–H groups in total. The van der Waals surface area contributed by atoms with Crippen LogP contribution in [0.1, 0.15) is 16.7 Å². The van der Waals surface area contributed by atoms with Crippen molar-refractivity contribution in [2.45, 2.75) is 32.4 Å². The first kappa shape index (κ1) is 12.9. The zero-order valence-corrected chi connectivity index (χ0v) is 11.8. The van der Waals surface area contributed by atoms with E-state index in [9.17, 15) is 4.79 Å². The molecule has 1 aliphatic heterocycles. The van der Waals surface area contributed by atoms with Gasteiger partial charge in [0.05, 0.1) is 6.04 Å². The third-order valence-electron chi connectivity index (χ3n) is 2.72. The minimum atomic E-state index is -0.00692. The van der Waals surface area contributed by atoms with Gasteiger partial charge in [-0.25, -0.2) is 0 Å². The van der Waals surface area contributed by atoms with Crippen LogP contribution in [-0.4, -0.2) is 29.6 Å². The number of hydrogen-bond acceptors (Lipinski definition) is 4. The van der Waals surface area contributed by atoms with E-state index in [0.717, 1.165) is 18.1 Å². The van der Waals surface area contributed by atoms with Crippen LogP contribution in [-0.2, 0) is 11.2 Å².